The van der Waals surface area contributed by atoms with E-state index in [-0.39, 0.29) is 5.91 Å². The summed E-state index contributed by atoms with van der Waals surface area (Å²) in [4.78, 5) is 11.9. The van der Waals surface area contributed by atoms with Crippen LogP contribution in [0.15, 0.2) is 42.5 Å². The third kappa shape index (κ3) is 4.22. The maximum absolute atomic E-state index is 11.9. The van der Waals surface area contributed by atoms with Gasteiger partial charge in [-0.25, -0.2) is 0 Å². The van der Waals surface area contributed by atoms with Gasteiger partial charge in [-0.2, -0.15) is 0 Å². The maximum atomic E-state index is 11.9. The van der Waals surface area contributed by atoms with Crippen LogP contribution in [0.1, 0.15) is 5.56 Å². The average molecular weight is 292 g/mol. The number of amides is 1. The molecule has 0 radical (unpaired) electrons. The van der Waals surface area contributed by atoms with Crippen molar-refractivity contribution in [2.24, 2.45) is 0 Å². The normalized spacial score (nSPS) is 10.7. The number of hydrogen-bond donors (Lipinski definition) is 1. The van der Waals surface area contributed by atoms with E-state index in [1.54, 1.807) is 0 Å². The van der Waals surface area contributed by atoms with E-state index < -0.39 is 0 Å². The molecule has 20 heavy (non-hydrogen) atoms. The van der Waals surface area contributed by atoms with Gasteiger partial charge in [0.25, 0.3) is 0 Å². The Kier molecular flexibility index (Phi) is 5.84. The van der Waals surface area contributed by atoms with Crippen LogP contribution in [0, 0.1) is 0 Å². The number of rotatable bonds is 7. The van der Waals surface area contributed by atoms with Crippen LogP contribution in [0.3, 0.4) is 0 Å². The molecule has 1 amide bonds. The smallest absolute Gasteiger partial charge is 0.224 e. The van der Waals surface area contributed by atoms with E-state index in [9.17, 15) is 4.79 Å². The quantitative estimate of drug-likeness (QED) is 0.629. The molecule has 0 aromatic heterocycles. The molecule has 2 aromatic rings. The van der Waals surface area contributed by atoms with Gasteiger partial charge >= 0.3 is 0 Å². The second-order valence-corrected chi connectivity index (χ2v) is 4.84. The first kappa shape index (κ1) is 14.8. The summed E-state index contributed by atoms with van der Waals surface area (Å²) in [5, 5.41) is 5.13. The van der Waals surface area contributed by atoms with Crippen molar-refractivity contribution in [3.8, 4) is 0 Å². The molecule has 4 heteroatoms. The Labute approximate surface area is 123 Å². The highest BCUT2D eigenvalue weighted by molar-refractivity contribution is 6.17. The summed E-state index contributed by atoms with van der Waals surface area (Å²) >= 11 is 5.49. The van der Waals surface area contributed by atoms with Crippen molar-refractivity contribution in [2.75, 3.05) is 25.6 Å². The van der Waals surface area contributed by atoms with E-state index in [0.29, 0.717) is 32.1 Å². The molecule has 0 fully saturated rings. The summed E-state index contributed by atoms with van der Waals surface area (Å²) in [5.74, 6) is 0.486. The predicted molar refractivity (Wildman–Crippen MR) is 82.2 cm³/mol. The van der Waals surface area contributed by atoms with Gasteiger partial charge in [0, 0.05) is 12.4 Å². The van der Waals surface area contributed by atoms with Crippen LogP contribution in [0.4, 0.5) is 0 Å². The molecule has 0 saturated carbocycles. The zero-order chi connectivity index (χ0) is 14.2. The minimum atomic E-state index is 0.0100. The van der Waals surface area contributed by atoms with Crippen molar-refractivity contribution in [3.05, 3.63) is 48.0 Å². The van der Waals surface area contributed by atoms with Gasteiger partial charge in [0.2, 0.25) is 5.91 Å². The second-order valence-electron chi connectivity index (χ2n) is 4.47. The number of halogens is 1. The van der Waals surface area contributed by atoms with E-state index in [2.05, 4.69) is 17.4 Å². The number of hydrogen-bond acceptors (Lipinski definition) is 2. The van der Waals surface area contributed by atoms with Crippen LogP contribution in [-0.4, -0.2) is 31.5 Å². The highest BCUT2D eigenvalue weighted by Gasteiger charge is 2.06. The molecular formula is C16H18ClNO2. The van der Waals surface area contributed by atoms with Gasteiger partial charge in [-0.3, -0.25) is 4.79 Å². The molecule has 0 aliphatic heterocycles. The Bertz CT molecular complexity index is 566. The summed E-state index contributed by atoms with van der Waals surface area (Å²) in [6.07, 6.45) is 0.386. The standard InChI is InChI=1S/C16H18ClNO2/c17-8-10-20-11-9-18-16(19)12-14-6-3-5-13-4-1-2-7-15(13)14/h1-7H,8-12H2,(H,18,19). The fourth-order valence-electron chi connectivity index (χ4n) is 2.10. The van der Waals surface area contributed by atoms with Crippen LogP contribution in [0.2, 0.25) is 0 Å². The number of benzene rings is 2. The minimum Gasteiger partial charge on any atom is -0.378 e. The summed E-state index contributed by atoms with van der Waals surface area (Å²) in [6.45, 7) is 1.52. The fourth-order valence-corrected chi connectivity index (χ4v) is 2.21. The zero-order valence-corrected chi connectivity index (χ0v) is 12.0. The van der Waals surface area contributed by atoms with Crippen molar-refractivity contribution in [2.45, 2.75) is 6.42 Å². The van der Waals surface area contributed by atoms with Crippen LogP contribution >= 0.6 is 11.6 Å². The number of carbonyl (C=O) groups is 1. The van der Waals surface area contributed by atoms with Gasteiger partial charge in [0.15, 0.2) is 0 Å². The lowest BCUT2D eigenvalue weighted by atomic mass is 10.0. The van der Waals surface area contributed by atoms with Gasteiger partial charge in [-0.05, 0) is 16.3 Å². The van der Waals surface area contributed by atoms with Gasteiger partial charge < -0.3 is 10.1 Å². The Balaban J connectivity index is 1.90. The van der Waals surface area contributed by atoms with E-state index in [4.69, 9.17) is 16.3 Å². The lowest BCUT2D eigenvalue weighted by Crippen LogP contribution is -2.28. The molecule has 0 aliphatic rings. The summed E-state index contributed by atoms with van der Waals surface area (Å²) in [7, 11) is 0. The van der Waals surface area contributed by atoms with Crippen LogP contribution < -0.4 is 5.32 Å². The predicted octanol–water partition coefficient (Wildman–Crippen LogP) is 2.75. The van der Waals surface area contributed by atoms with Gasteiger partial charge in [0.05, 0.1) is 19.6 Å². The zero-order valence-electron chi connectivity index (χ0n) is 11.3. The number of nitrogens with one attached hydrogen (secondary N) is 1. The van der Waals surface area contributed by atoms with Crippen molar-refractivity contribution >= 4 is 28.3 Å². The Morgan fingerprint density at radius 2 is 1.90 bits per heavy atom. The number of fused-ring (bicyclic) bond motifs is 1. The Hall–Kier alpha value is -1.58. The third-order valence-corrected chi connectivity index (χ3v) is 3.18. The first-order valence-corrected chi connectivity index (χ1v) is 7.22. The average Bonchev–Trinajstić information content (AvgIpc) is 2.47. The lowest BCUT2D eigenvalue weighted by molar-refractivity contribution is -0.120. The Morgan fingerprint density at radius 3 is 2.75 bits per heavy atom. The SMILES string of the molecule is O=C(Cc1cccc2ccccc12)NCCOCCCl. The molecule has 0 aliphatic carbocycles. The molecule has 0 saturated heterocycles. The lowest BCUT2D eigenvalue weighted by Gasteiger charge is -2.08. The molecule has 0 bridgehead atoms. The summed E-state index contributed by atoms with van der Waals surface area (Å²) in [6, 6.07) is 14.1. The first-order valence-electron chi connectivity index (χ1n) is 6.68. The minimum absolute atomic E-state index is 0.0100. The molecule has 2 rings (SSSR count). The van der Waals surface area contributed by atoms with E-state index in [0.717, 1.165) is 16.3 Å². The summed E-state index contributed by atoms with van der Waals surface area (Å²) < 4.78 is 5.21. The second kappa shape index (κ2) is 7.88. The maximum Gasteiger partial charge on any atom is 0.224 e. The van der Waals surface area contributed by atoms with Gasteiger partial charge in [-0.1, -0.05) is 42.5 Å². The topological polar surface area (TPSA) is 38.3 Å². The van der Waals surface area contributed by atoms with Crippen molar-refractivity contribution < 1.29 is 9.53 Å². The number of carbonyl (C=O) groups excluding carboxylic acids is 1. The molecule has 0 heterocycles. The molecule has 0 atom stereocenters. The van der Waals surface area contributed by atoms with Crippen LogP contribution in [-0.2, 0) is 16.0 Å². The Morgan fingerprint density at radius 1 is 1.10 bits per heavy atom. The van der Waals surface area contributed by atoms with Crippen LogP contribution in [0.25, 0.3) is 10.8 Å². The molecule has 1 N–H and O–H groups in total. The fraction of sp³-hybridized carbons (Fsp3) is 0.312. The van der Waals surface area contributed by atoms with Crippen molar-refractivity contribution in [1.82, 2.24) is 5.32 Å². The highest BCUT2D eigenvalue weighted by atomic mass is 35.5. The monoisotopic (exact) mass is 291 g/mol. The molecule has 3 nitrogen and oxygen atoms in total. The molecule has 0 spiro atoms. The van der Waals surface area contributed by atoms with Crippen LogP contribution in [0.5, 0.6) is 0 Å². The molecule has 106 valence electrons. The van der Waals surface area contributed by atoms with Gasteiger partial charge in [0.1, 0.15) is 0 Å². The van der Waals surface area contributed by atoms with Crippen molar-refractivity contribution in [3.63, 3.8) is 0 Å². The van der Waals surface area contributed by atoms with E-state index in [1.165, 1.54) is 0 Å². The summed E-state index contributed by atoms with van der Waals surface area (Å²) in [5.41, 5.74) is 1.04. The van der Waals surface area contributed by atoms with E-state index in [1.807, 2.05) is 30.3 Å². The first-order chi connectivity index (χ1) is 9.81. The molecular weight excluding hydrogens is 274 g/mol. The molecule has 0 unspecified atom stereocenters. The van der Waals surface area contributed by atoms with Gasteiger partial charge in [-0.15, -0.1) is 11.6 Å². The van der Waals surface area contributed by atoms with E-state index >= 15 is 0 Å². The molecule has 2 aromatic carbocycles. The third-order valence-electron chi connectivity index (χ3n) is 3.02. The van der Waals surface area contributed by atoms with Crippen molar-refractivity contribution in [1.29, 1.82) is 0 Å². The highest BCUT2D eigenvalue weighted by Crippen LogP contribution is 2.18. The largest absolute Gasteiger partial charge is 0.378 e. The number of alkyl halides is 1. The number of ether oxygens (including phenoxy) is 1.